The van der Waals surface area contributed by atoms with E-state index in [2.05, 4.69) is 22.1 Å². The molecule has 0 spiro atoms. The van der Waals surface area contributed by atoms with Crippen LogP contribution in [0.25, 0.3) is 0 Å². The van der Waals surface area contributed by atoms with Gasteiger partial charge in [-0.05, 0) is 30.7 Å². The van der Waals surface area contributed by atoms with E-state index < -0.39 is 11.8 Å². The van der Waals surface area contributed by atoms with Gasteiger partial charge in [-0.2, -0.15) is 4.57 Å². The van der Waals surface area contributed by atoms with Gasteiger partial charge in [-0.1, -0.05) is 107 Å². The maximum absolute atomic E-state index is 14.5. The highest BCUT2D eigenvalue weighted by Crippen LogP contribution is 2.28. The van der Waals surface area contributed by atoms with E-state index in [1.807, 2.05) is 41.4 Å². The summed E-state index contributed by atoms with van der Waals surface area (Å²) in [4.78, 5) is 12.7. The number of benzene rings is 2. The van der Waals surface area contributed by atoms with Gasteiger partial charge in [-0.3, -0.25) is 0 Å². The Balaban J connectivity index is 0.00000533. The smallest absolute Gasteiger partial charge is 0.323 e. The molecule has 3 rings (SSSR count). The van der Waals surface area contributed by atoms with Crippen molar-refractivity contribution < 1.29 is 35.5 Å². The van der Waals surface area contributed by atoms with Gasteiger partial charge in [-0.25, -0.2) is 9.18 Å². The van der Waals surface area contributed by atoms with Crippen LogP contribution in [0.15, 0.2) is 59.6 Å². The topological polar surface area (TPSA) is 54.2 Å². The molecule has 1 heterocycles. The Hall–Kier alpha value is -2.45. The van der Waals surface area contributed by atoms with Crippen LogP contribution in [-0.2, 0) is 6.54 Å². The summed E-state index contributed by atoms with van der Waals surface area (Å²) in [6.07, 6.45) is 17.1. The minimum Gasteiger partial charge on any atom is -1.00 e. The van der Waals surface area contributed by atoms with Crippen LogP contribution in [-0.4, -0.2) is 12.6 Å². The first-order valence-electron chi connectivity index (χ1n) is 14.1. The minimum atomic E-state index is -0.475. The lowest BCUT2D eigenvalue weighted by Gasteiger charge is -2.14. The molecule has 214 valence electrons. The van der Waals surface area contributed by atoms with Crippen molar-refractivity contribution in [2.75, 3.05) is 17.2 Å². The number of aromatic nitrogens is 1. The predicted octanol–water partition coefficient (Wildman–Crippen LogP) is 5.95. The van der Waals surface area contributed by atoms with Crippen LogP contribution in [0.5, 0.6) is 5.75 Å². The Kier molecular flexibility index (Phi) is 16.5. The predicted molar refractivity (Wildman–Crippen MR) is 156 cm³/mol. The zero-order chi connectivity index (χ0) is 26.8. The number of urea groups is 1. The van der Waals surface area contributed by atoms with E-state index in [4.69, 9.17) is 4.74 Å². The SMILES string of the molecule is CCCCCCCCCCCCCCOc1c(F)cccc1NC(=O)Nc1cccc(C[n+]2ccsc2)c1.[Br-]. The standard InChI is InChI=1S/C31H42FN3O2S.BrH/c1-2-3-4-5-6-7-8-9-10-11-12-13-21-37-30-28(32)18-15-19-29(30)34-31(36)33-27-17-14-16-26(23-27)24-35-20-22-38-25-35;/h14-20,22-23,25H,2-13,21,24H2,1H3,(H-,33,34,36);1H. The number of hydrogen-bond acceptors (Lipinski definition) is 3. The maximum atomic E-state index is 14.5. The second kappa shape index (κ2) is 19.6. The lowest BCUT2D eigenvalue weighted by Crippen LogP contribution is -3.00. The number of thiazole rings is 1. The molecular formula is C31H43BrFN3O2S. The van der Waals surface area contributed by atoms with Crippen molar-refractivity contribution in [3.63, 3.8) is 0 Å². The summed E-state index contributed by atoms with van der Waals surface area (Å²) >= 11 is 1.63. The molecule has 2 aromatic carbocycles. The molecule has 0 aliphatic carbocycles. The van der Waals surface area contributed by atoms with Crippen molar-refractivity contribution in [2.24, 2.45) is 0 Å². The molecule has 0 atom stereocenters. The minimum absolute atomic E-state index is 0. The third-order valence-electron chi connectivity index (χ3n) is 6.54. The maximum Gasteiger partial charge on any atom is 0.323 e. The number of carbonyl (C=O) groups excluding carboxylic acids is 1. The highest BCUT2D eigenvalue weighted by Gasteiger charge is 2.13. The molecule has 0 aliphatic rings. The lowest BCUT2D eigenvalue weighted by molar-refractivity contribution is -0.683. The molecule has 0 saturated heterocycles. The molecule has 2 N–H and O–H groups in total. The van der Waals surface area contributed by atoms with E-state index in [0.717, 1.165) is 24.9 Å². The van der Waals surface area contributed by atoms with Gasteiger partial charge in [-0.15, -0.1) is 0 Å². The number of unbranched alkanes of at least 4 members (excludes halogenated alkanes) is 11. The van der Waals surface area contributed by atoms with E-state index in [-0.39, 0.29) is 22.7 Å². The molecular weight excluding hydrogens is 577 g/mol. The average molecular weight is 621 g/mol. The highest BCUT2D eigenvalue weighted by atomic mass is 79.9. The summed E-state index contributed by atoms with van der Waals surface area (Å²) in [5, 5.41) is 7.60. The van der Waals surface area contributed by atoms with Crippen LogP contribution in [0.3, 0.4) is 0 Å². The second-order valence-electron chi connectivity index (χ2n) is 9.83. The molecule has 3 aromatic rings. The summed E-state index contributed by atoms with van der Waals surface area (Å²) in [6.45, 7) is 3.41. The monoisotopic (exact) mass is 619 g/mol. The number of rotatable bonds is 18. The summed E-state index contributed by atoms with van der Waals surface area (Å²) in [5.41, 5.74) is 4.11. The Labute approximate surface area is 248 Å². The zero-order valence-corrected chi connectivity index (χ0v) is 25.5. The van der Waals surface area contributed by atoms with Crippen molar-refractivity contribution in [3.8, 4) is 5.75 Å². The molecule has 2 amide bonds. The van der Waals surface area contributed by atoms with Gasteiger partial charge in [0.1, 0.15) is 0 Å². The van der Waals surface area contributed by atoms with Gasteiger partial charge in [0.2, 0.25) is 5.51 Å². The van der Waals surface area contributed by atoms with E-state index >= 15 is 0 Å². The van der Waals surface area contributed by atoms with Gasteiger partial charge in [0.05, 0.1) is 17.7 Å². The highest BCUT2D eigenvalue weighted by molar-refractivity contribution is 7.07. The molecule has 0 unspecified atom stereocenters. The number of nitrogens with zero attached hydrogens (tertiary/aromatic N) is 1. The van der Waals surface area contributed by atoms with Crippen molar-refractivity contribution >= 4 is 28.7 Å². The van der Waals surface area contributed by atoms with E-state index in [0.29, 0.717) is 18.0 Å². The molecule has 8 heteroatoms. The molecule has 0 bridgehead atoms. The number of amides is 2. The summed E-state index contributed by atoms with van der Waals surface area (Å²) < 4.78 is 22.4. The Morgan fingerprint density at radius 1 is 0.897 bits per heavy atom. The third-order valence-corrected chi connectivity index (χ3v) is 7.21. The molecule has 1 aromatic heterocycles. The fourth-order valence-corrected chi connectivity index (χ4v) is 5.06. The van der Waals surface area contributed by atoms with Crippen molar-refractivity contribution in [1.29, 1.82) is 0 Å². The van der Waals surface area contributed by atoms with E-state index in [1.54, 1.807) is 23.5 Å². The molecule has 0 fully saturated rings. The first-order valence-corrected chi connectivity index (χ1v) is 15.1. The average Bonchev–Trinajstić information content (AvgIpc) is 3.41. The van der Waals surface area contributed by atoms with Crippen LogP contribution in [0, 0.1) is 5.82 Å². The second-order valence-corrected chi connectivity index (χ2v) is 10.6. The number of anilines is 2. The van der Waals surface area contributed by atoms with Gasteiger partial charge in [0, 0.05) is 11.3 Å². The third kappa shape index (κ3) is 13.0. The van der Waals surface area contributed by atoms with Crippen molar-refractivity contribution in [3.05, 3.63) is 70.9 Å². The number of ether oxygens (including phenoxy) is 1. The fourth-order valence-electron chi connectivity index (χ4n) is 4.47. The van der Waals surface area contributed by atoms with Gasteiger partial charge in [0.15, 0.2) is 24.3 Å². The van der Waals surface area contributed by atoms with Gasteiger partial charge < -0.3 is 32.4 Å². The van der Waals surface area contributed by atoms with E-state index in [9.17, 15) is 9.18 Å². The summed E-state index contributed by atoms with van der Waals surface area (Å²) in [6, 6.07) is 11.8. The first kappa shape index (κ1) is 32.8. The number of halogens is 2. The van der Waals surface area contributed by atoms with Crippen LogP contribution < -0.4 is 36.9 Å². The van der Waals surface area contributed by atoms with Crippen LogP contribution >= 0.6 is 11.3 Å². The lowest BCUT2D eigenvalue weighted by atomic mass is 10.1. The number of carbonyl (C=O) groups is 1. The van der Waals surface area contributed by atoms with Crippen molar-refractivity contribution in [2.45, 2.75) is 90.5 Å². The fraction of sp³-hybridized carbons (Fsp3) is 0.484. The molecule has 39 heavy (non-hydrogen) atoms. The molecule has 0 saturated carbocycles. The van der Waals surface area contributed by atoms with Crippen LogP contribution in [0.1, 0.15) is 89.5 Å². The van der Waals surface area contributed by atoms with Crippen molar-refractivity contribution in [1.82, 2.24) is 0 Å². The van der Waals surface area contributed by atoms with Crippen LogP contribution in [0.2, 0.25) is 0 Å². The quantitative estimate of drug-likeness (QED) is 0.137. The Bertz CT molecular complexity index is 1080. The van der Waals surface area contributed by atoms with Crippen LogP contribution in [0.4, 0.5) is 20.6 Å². The number of hydrogen-bond donors (Lipinski definition) is 2. The summed E-state index contributed by atoms with van der Waals surface area (Å²) in [7, 11) is 0. The largest absolute Gasteiger partial charge is 1.00 e. The Morgan fingerprint density at radius 2 is 1.56 bits per heavy atom. The molecule has 0 aliphatic heterocycles. The number of nitrogens with one attached hydrogen (secondary N) is 2. The normalized spacial score (nSPS) is 10.6. The number of para-hydroxylation sites is 1. The van der Waals surface area contributed by atoms with Gasteiger partial charge >= 0.3 is 6.03 Å². The van der Waals surface area contributed by atoms with E-state index in [1.165, 1.54) is 70.3 Å². The Morgan fingerprint density at radius 3 is 2.23 bits per heavy atom. The first-order chi connectivity index (χ1) is 18.7. The zero-order valence-electron chi connectivity index (χ0n) is 23.1. The van der Waals surface area contributed by atoms with Gasteiger partial charge in [0.25, 0.3) is 0 Å². The summed E-state index contributed by atoms with van der Waals surface area (Å²) in [5.74, 6) is -0.384. The molecule has 0 radical (unpaired) electrons. The molecule has 5 nitrogen and oxygen atoms in total.